The van der Waals surface area contributed by atoms with Crippen molar-refractivity contribution in [2.45, 2.75) is 70.3 Å². The van der Waals surface area contributed by atoms with E-state index in [1.165, 1.54) is 24.1 Å². The van der Waals surface area contributed by atoms with E-state index in [2.05, 4.69) is 23.5 Å². The van der Waals surface area contributed by atoms with Gasteiger partial charge in [0.2, 0.25) is 5.91 Å². The number of nitriles is 1. The summed E-state index contributed by atoms with van der Waals surface area (Å²) in [6, 6.07) is 5.32. The molecule has 1 aliphatic carbocycles. The van der Waals surface area contributed by atoms with Crippen LogP contribution in [0.3, 0.4) is 0 Å². The molecular formula is C24H33N3O5. The second-order valence-electron chi connectivity index (χ2n) is 8.64. The van der Waals surface area contributed by atoms with Gasteiger partial charge in [-0.05, 0) is 69.4 Å². The summed E-state index contributed by atoms with van der Waals surface area (Å²) in [5, 5.41) is 21.4. The maximum absolute atomic E-state index is 12.6. The van der Waals surface area contributed by atoms with E-state index < -0.39 is 23.3 Å². The zero-order valence-corrected chi connectivity index (χ0v) is 18.6. The number of pyridine rings is 1. The van der Waals surface area contributed by atoms with Crippen molar-refractivity contribution in [2.75, 3.05) is 26.4 Å². The van der Waals surface area contributed by atoms with E-state index in [1.807, 2.05) is 0 Å². The van der Waals surface area contributed by atoms with Gasteiger partial charge in [0.15, 0.2) is 0 Å². The van der Waals surface area contributed by atoms with Crippen LogP contribution >= 0.6 is 0 Å². The van der Waals surface area contributed by atoms with Gasteiger partial charge in [-0.1, -0.05) is 6.07 Å². The molecule has 174 valence electrons. The minimum atomic E-state index is -1.21. The highest BCUT2D eigenvalue weighted by Gasteiger charge is 2.41. The Labute approximate surface area is 189 Å². The predicted octanol–water partition coefficient (Wildman–Crippen LogP) is 2.58. The monoisotopic (exact) mass is 443 g/mol. The number of ether oxygens (including phenoxy) is 2. The Morgan fingerprint density at radius 2 is 2.00 bits per heavy atom. The first-order valence-corrected chi connectivity index (χ1v) is 11.6. The lowest BCUT2D eigenvalue weighted by Crippen LogP contribution is -2.50. The number of rotatable bonds is 11. The van der Waals surface area contributed by atoms with Gasteiger partial charge in [0.1, 0.15) is 11.5 Å². The van der Waals surface area contributed by atoms with Crippen molar-refractivity contribution in [3.8, 4) is 6.07 Å². The lowest BCUT2D eigenvalue weighted by molar-refractivity contribution is -0.144. The number of carboxylic acids is 1. The van der Waals surface area contributed by atoms with Gasteiger partial charge in [-0.25, -0.2) is 4.79 Å². The molecule has 2 heterocycles. The molecule has 1 aromatic heterocycles. The second kappa shape index (κ2) is 11.9. The van der Waals surface area contributed by atoms with Crippen LogP contribution in [-0.2, 0) is 38.3 Å². The van der Waals surface area contributed by atoms with Gasteiger partial charge in [-0.15, -0.1) is 0 Å². The number of aliphatic carboxylic acids is 1. The molecule has 0 radical (unpaired) electrons. The van der Waals surface area contributed by atoms with Gasteiger partial charge >= 0.3 is 5.97 Å². The Kier molecular flexibility index (Phi) is 9.00. The number of carboxylic acid groups (broad SMARTS) is 1. The number of fused-ring (bicyclic) bond motifs is 1. The first-order chi connectivity index (χ1) is 15.5. The maximum atomic E-state index is 12.6. The fraction of sp³-hybridized carbons (Fsp3) is 0.667. The van der Waals surface area contributed by atoms with Crippen molar-refractivity contribution in [1.82, 2.24) is 10.3 Å². The molecular weight excluding hydrogens is 410 g/mol. The Morgan fingerprint density at radius 3 is 2.75 bits per heavy atom. The highest BCUT2D eigenvalue weighted by molar-refractivity contribution is 5.89. The van der Waals surface area contributed by atoms with E-state index in [0.29, 0.717) is 19.8 Å². The molecule has 8 nitrogen and oxygen atoms in total. The number of hydrogen-bond acceptors (Lipinski definition) is 6. The Balaban J connectivity index is 1.34. The number of nitrogens with one attached hydrogen (secondary N) is 1. The van der Waals surface area contributed by atoms with Crippen LogP contribution < -0.4 is 5.32 Å². The van der Waals surface area contributed by atoms with E-state index in [4.69, 9.17) is 14.5 Å². The highest BCUT2D eigenvalue weighted by Crippen LogP contribution is 2.30. The molecule has 32 heavy (non-hydrogen) atoms. The normalized spacial score (nSPS) is 18.2. The van der Waals surface area contributed by atoms with Crippen LogP contribution in [-0.4, -0.2) is 54.4 Å². The zero-order chi connectivity index (χ0) is 22.8. The van der Waals surface area contributed by atoms with Crippen LogP contribution in [0.2, 0.25) is 0 Å². The molecule has 1 unspecified atom stereocenters. The van der Waals surface area contributed by atoms with Crippen LogP contribution in [0.25, 0.3) is 0 Å². The van der Waals surface area contributed by atoms with E-state index in [0.717, 1.165) is 37.8 Å². The number of amides is 1. The van der Waals surface area contributed by atoms with Crippen LogP contribution in [0.15, 0.2) is 12.1 Å². The van der Waals surface area contributed by atoms with Crippen molar-refractivity contribution in [3.63, 3.8) is 0 Å². The summed E-state index contributed by atoms with van der Waals surface area (Å²) >= 11 is 0. The average Bonchev–Trinajstić information content (AvgIpc) is 2.82. The lowest BCUT2D eigenvalue weighted by atomic mass is 9.80. The van der Waals surface area contributed by atoms with Crippen molar-refractivity contribution >= 4 is 11.9 Å². The average molecular weight is 444 g/mol. The third kappa shape index (κ3) is 6.50. The zero-order valence-electron chi connectivity index (χ0n) is 18.6. The molecule has 1 fully saturated rings. The Bertz CT molecular complexity index is 829. The molecule has 1 aromatic rings. The Hall–Kier alpha value is -2.50. The molecule has 1 aliphatic heterocycles. The molecule has 2 aliphatic rings. The third-order valence-corrected chi connectivity index (χ3v) is 6.36. The van der Waals surface area contributed by atoms with Crippen molar-refractivity contribution in [3.05, 3.63) is 29.1 Å². The Morgan fingerprint density at radius 1 is 1.22 bits per heavy atom. The molecule has 0 bridgehead atoms. The topological polar surface area (TPSA) is 122 Å². The largest absolute Gasteiger partial charge is 0.480 e. The summed E-state index contributed by atoms with van der Waals surface area (Å²) in [5.74, 6) is -1.66. The van der Waals surface area contributed by atoms with Gasteiger partial charge in [0.05, 0.1) is 6.07 Å². The van der Waals surface area contributed by atoms with Gasteiger partial charge in [0, 0.05) is 44.2 Å². The van der Waals surface area contributed by atoms with Gasteiger partial charge in [-0.2, -0.15) is 5.26 Å². The predicted molar refractivity (Wildman–Crippen MR) is 117 cm³/mol. The van der Waals surface area contributed by atoms with E-state index >= 15 is 0 Å². The number of carbonyl (C=O) groups excluding carboxylic acids is 1. The molecule has 0 saturated carbocycles. The lowest BCUT2D eigenvalue weighted by Gasteiger charge is -2.30. The van der Waals surface area contributed by atoms with Crippen LogP contribution in [0.1, 0.15) is 61.9 Å². The van der Waals surface area contributed by atoms with Gasteiger partial charge in [-0.3, -0.25) is 9.78 Å². The van der Waals surface area contributed by atoms with Crippen LogP contribution in [0.5, 0.6) is 0 Å². The summed E-state index contributed by atoms with van der Waals surface area (Å²) < 4.78 is 10.8. The fourth-order valence-electron chi connectivity index (χ4n) is 4.24. The number of carbonyl (C=O) groups is 2. The number of aryl methyl sites for hydroxylation is 3. The fourth-order valence-corrected chi connectivity index (χ4v) is 4.24. The van der Waals surface area contributed by atoms with Crippen LogP contribution in [0.4, 0.5) is 0 Å². The first-order valence-electron chi connectivity index (χ1n) is 11.6. The summed E-state index contributed by atoms with van der Waals surface area (Å²) in [4.78, 5) is 28.9. The molecule has 3 rings (SSSR count). The van der Waals surface area contributed by atoms with E-state index in [1.54, 1.807) is 0 Å². The molecule has 0 spiro atoms. The number of hydrogen-bond donors (Lipinski definition) is 2. The van der Waals surface area contributed by atoms with Gasteiger partial charge < -0.3 is 19.9 Å². The first kappa shape index (κ1) is 24.1. The SMILES string of the molecule is N#CC1(C(=O)NC(CCOCCCCc2ccc3c(n2)CCCC3)C(=O)O)CCOCC1. The maximum Gasteiger partial charge on any atom is 0.326 e. The molecule has 1 amide bonds. The van der Waals surface area contributed by atoms with Crippen molar-refractivity contribution < 1.29 is 24.2 Å². The summed E-state index contributed by atoms with van der Waals surface area (Å²) in [6.45, 7) is 1.41. The van der Waals surface area contributed by atoms with Gasteiger partial charge in [0.25, 0.3) is 0 Å². The smallest absolute Gasteiger partial charge is 0.326 e. The van der Waals surface area contributed by atoms with Crippen molar-refractivity contribution in [2.24, 2.45) is 5.41 Å². The second-order valence-corrected chi connectivity index (χ2v) is 8.64. The molecule has 1 saturated heterocycles. The standard InChI is InChI=1S/C24H33N3O5/c25-17-24(11-15-32-16-12-24)23(30)27-21(22(28)29)10-14-31-13-4-3-6-19-9-8-18-5-1-2-7-20(18)26-19/h8-9,21H,1-7,10-16H2,(H,27,30)(H,28,29). The van der Waals surface area contributed by atoms with E-state index in [9.17, 15) is 20.0 Å². The number of unbranched alkanes of at least 4 members (excludes halogenated alkanes) is 1. The number of aromatic nitrogens is 1. The van der Waals surface area contributed by atoms with E-state index in [-0.39, 0.29) is 25.9 Å². The summed E-state index contributed by atoms with van der Waals surface area (Å²) in [6.07, 6.45) is 8.13. The molecule has 0 aromatic carbocycles. The highest BCUT2D eigenvalue weighted by atomic mass is 16.5. The third-order valence-electron chi connectivity index (χ3n) is 6.36. The minimum Gasteiger partial charge on any atom is -0.480 e. The van der Waals surface area contributed by atoms with Crippen LogP contribution in [0, 0.1) is 16.7 Å². The quantitative estimate of drug-likeness (QED) is 0.504. The molecule has 1 atom stereocenters. The molecule has 8 heteroatoms. The van der Waals surface area contributed by atoms with Crippen molar-refractivity contribution in [1.29, 1.82) is 5.26 Å². The minimum absolute atomic E-state index is 0.158. The number of nitrogens with zero attached hydrogens (tertiary/aromatic N) is 2. The summed E-state index contributed by atoms with van der Waals surface area (Å²) in [7, 11) is 0. The molecule has 2 N–H and O–H groups in total. The summed E-state index contributed by atoms with van der Waals surface area (Å²) in [5.41, 5.74) is 2.56.